The van der Waals surface area contributed by atoms with E-state index in [-0.39, 0.29) is 39.5 Å². The second kappa shape index (κ2) is 16.0. The molecule has 0 fully saturated rings. The molecule has 1 N–H and O–H groups in total. The zero-order valence-electron chi connectivity index (χ0n) is 25.2. The van der Waals surface area contributed by atoms with Crippen molar-refractivity contribution in [3.63, 3.8) is 0 Å². The summed E-state index contributed by atoms with van der Waals surface area (Å²) in [6.45, 7) is 3.43. The molecule has 4 rings (SSSR count). The lowest BCUT2D eigenvalue weighted by Gasteiger charge is -2.34. The van der Waals surface area contributed by atoms with E-state index in [0.29, 0.717) is 22.2 Å². The van der Waals surface area contributed by atoms with E-state index in [1.807, 2.05) is 44.2 Å². The van der Waals surface area contributed by atoms with Crippen molar-refractivity contribution in [3.8, 4) is 0 Å². The molecule has 4 aromatic rings. The number of anilines is 1. The van der Waals surface area contributed by atoms with Gasteiger partial charge in [0.1, 0.15) is 12.6 Å². The van der Waals surface area contributed by atoms with Crippen LogP contribution in [0.2, 0.25) is 20.1 Å². The molecule has 0 unspecified atom stereocenters. The van der Waals surface area contributed by atoms with Crippen molar-refractivity contribution in [1.29, 1.82) is 0 Å². The van der Waals surface area contributed by atoms with E-state index in [0.717, 1.165) is 9.87 Å². The summed E-state index contributed by atoms with van der Waals surface area (Å²) in [6, 6.07) is 25.1. The number of hydrogen-bond donors (Lipinski definition) is 1. The minimum Gasteiger partial charge on any atom is -0.354 e. The molecule has 0 bridgehead atoms. The Morgan fingerprint density at radius 1 is 0.783 bits per heavy atom. The fourth-order valence-corrected chi connectivity index (χ4v) is 7.28. The fraction of sp³-hybridized carbons (Fsp3) is 0.235. The number of sulfonamides is 1. The molecule has 0 spiro atoms. The molecule has 7 nitrogen and oxygen atoms in total. The van der Waals surface area contributed by atoms with Crippen LogP contribution in [0.3, 0.4) is 0 Å². The van der Waals surface area contributed by atoms with Gasteiger partial charge in [0.15, 0.2) is 0 Å². The van der Waals surface area contributed by atoms with Gasteiger partial charge in [-0.3, -0.25) is 13.9 Å². The summed E-state index contributed by atoms with van der Waals surface area (Å²) in [5.74, 6) is -0.944. The molecule has 46 heavy (non-hydrogen) atoms. The Kier molecular flexibility index (Phi) is 12.4. The Labute approximate surface area is 290 Å². The largest absolute Gasteiger partial charge is 0.354 e. The van der Waals surface area contributed by atoms with Gasteiger partial charge in [-0.2, -0.15) is 0 Å². The molecular formula is C34H33Cl4N3O4S. The summed E-state index contributed by atoms with van der Waals surface area (Å²) in [4.78, 5) is 29.7. The molecule has 12 heteroatoms. The Hall–Kier alpha value is -3.27. The molecule has 0 aromatic heterocycles. The van der Waals surface area contributed by atoms with Crippen LogP contribution in [0.4, 0.5) is 5.69 Å². The molecule has 4 aromatic carbocycles. The van der Waals surface area contributed by atoms with E-state index in [1.54, 1.807) is 36.4 Å². The average Bonchev–Trinajstić information content (AvgIpc) is 3.02. The molecule has 0 heterocycles. The van der Waals surface area contributed by atoms with Crippen LogP contribution in [-0.2, 0) is 32.6 Å². The molecule has 0 aliphatic rings. The summed E-state index contributed by atoms with van der Waals surface area (Å²) < 4.78 is 29.1. The first-order chi connectivity index (χ1) is 21.9. The van der Waals surface area contributed by atoms with Gasteiger partial charge in [-0.1, -0.05) is 115 Å². The van der Waals surface area contributed by atoms with E-state index < -0.39 is 34.4 Å². The Bertz CT molecular complexity index is 1750. The van der Waals surface area contributed by atoms with Crippen LogP contribution in [0.5, 0.6) is 0 Å². The minimum atomic E-state index is -4.33. The maximum Gasteiger partial charge on any atom is 0.264 e. The highest BCUT2D eigenvalue weighted by atomic mass is 35.5. The molecular weight excluding hydrogens is 688 g/mol. The van der Waals surface area contributed by atoms with Crippen LogP contribution in [-0.4, -0.2) is 44.3 Å². The zero-order chi connectivity index (χ0) is 33.4. The van der Waals surface area contributed by atoms with Crippen LogP contribution in [0.25, 0.3) is 0 Å². The highest BCUT2D eigenvalue weighted by Crippen LogP contribution is 2.34. The number of carbonyl (C=O) groups excluding carboxylic acids is 2. The number of carbonyl (C=O) groups is 2. The van der Waals surface area contributed by atoms with Gasteiger partial charge in [0.2, 0.25) is 11.8 Å². The molecule has 2 amide bonds. The van der Waals surface area contributed by atoms with Crippen LogP contribution in [0, 0.1) is 5.92 Å². The second-order valence-corrected chi connectivity index (χ2v) is 14.5. The fourth-order valence-electron chi connectivity index (χ4n) is 4.75. The summed E-state index contributed by atoms with van der Waals surface area (Å²) in [5.41, 5.74) is 1.25. The lowest BCUT2D eigenvalue weighted by Crippen LogP contribution is -2.53. The maximum absolute atomic E-state index is 14.6. The first kappa shape index (κ1) is 35.6. The minimum absolute atomic E-state index is 0.0241. The van der Waals surface area contributed by atoms with Crippen molar-refractivity contribution in [3.05, 3.63) is 128 Å². The normalized spacial score (nSPS) is 12.1. The molecule has 0 aliphatic heterocycles. The second-order valence-electron chi connectivity index (χ2n) is 11.0. The van der Waals surface area contributed by atoms with E-state index in [2.05, 4.69) is 5.32 Å². The Morgan fingerprint density at radius 2 is 1.39 bits per heavy atom. The molecule has 0 saturated heterocycles. The molecule has 0 saturated carbocycles. The first-order valence-electron chi connectivity index (χ1n) is 14.4. The third-order valence-electron chi connectivity index (χ3n) is 7.13. The number of nitrogens with one attached hydrogen (secondary N) is 1. The number of benzene rings is 4. The summed E-state index contributed by atoms with van der Waals surface area (Å²) in [5, 5.41) is 3.84. The van der Waals surface area contributed by atoms with Gasteiger partial charge >= 0.3 is 0 Å². The van der Waals surface area contributed by atoms with E-state index in [4.69, 9.17) is 46.4 Å². The van der Waals surface area contributed by atoms with Gasteiger partial charge in [0.25, 0.3) is 10.0 Å². The van der Waals surface area contributed by atoms with Gasteiger partial charge < -0.3 is 10.2 Å². The number of nitrogens with zero attached hydrogens (tertiary/aromatic N) is 2. The Morgan fingerprint density at radius 3 is 1.98 bits per heavy atom. The molecule has 1 atom stereocenters. The van der Waals surface area contributed by atoms with Crippen LogP contribution in [0.15, 0.2) is 102 Å². The van der Waals surface area contributed by atoms with Gasteiger partial charge in [0.05, 0.1) is 15.6 Å². The standard InChI is InChI=1S/C34H33Cl4N3O4S/c1-23(2)20-39-34(43)32(18-24-10-5-3-6-11-24)40(21-27-28(36)14-9-15-29(27)37)33(42)22-41(31-17-16-25(35)19-30(31)38)46(44,45)26-12-7-4-8-13-26/h3-17,19,23,32H,18,20-22H2,1-2H3,(H,39,43)/t32-/m1/s1. The van der Waals surface area contributed by atoms with Gasteiger partial charge in [-0.25, -0.2) is 8.42 Å². The Balaban J connectivity index is 1.85. The van der Waals surface area contributed by atoms with Crippen molar-refractivity contribution in [2.75, 3.05) is 17.4 Å². The first-order valence-corrected chi connectivity index (χ1v) is 17.4. The topological polar surface area (TPSA) is 86.8 Å². The SMILES string of the molecule is CC(C)CNC(=O)[C@@H](Cc1ccccc1)N(Cc1c(Cl)cccc1Cl)C(=O)CN(c1ccc(Cl)cc1Cl)S(=O)(=O)c1ccccc1. The molecule has 0 aliphatic carbocycles. The van der Waals surface area contributed by atoms with Crippen molar-refractivity contribution in [1.82, 2.24) is 10.2 Å². The smallest absolute Gasteiger partial charge is 0.264 e. The van der Waals surface area contributed by atoms with Crippen molar-refractivity contribution in [2.45, 2.75) is 37.8 Å². The number of amides is 2. The quantitative estimate of drug-likeness (QED) is 0.152. The highest BCUT2D eigenvalue weighted by Gasteiger charge is 2.36. The van der Waals surface area contributed by atoms with Crippen molar-refractivity contribution < 1.29 is 18.0 Å². The predicted octanol–water partition coefficient (Wildman–Crippen LogP) is 7.91. The molecule has 0 radical (unpaired) electrons. The van der Waals surface area contributed by atoms with E-state index in [1.165, 1.54) is 35.2 Å². The monoisotopic (exact) mass is 719 g/mol. The zero-order valence-corrected chi connectivity index (χ0v) is 29.0. The van der Waals surface area contributed by atoms with E-state index in [9.17, 15) is 18.0 Å². The van der Waals surface area contributed by atoms with Crippen molar-refractivity contribution >= 4 is 73.9 Å². The summed E-state index contributed by atoms with van der Waals surface area (Å²) in [6.07, 6.45) is 0.145. The lowest BCUT2D eigenvalue weighted by atomic mass is 10.0. The van der Waals surface area contributed by atoms with E-state index >= 15 is 0 Å². The lowest BCUT2D eigenvalue weighted by molar-refractivity contribution is -0.140. The highest BCUT2D eigenvalue weighted by molar-refractivity contribution is 7.92. The van der Waals surface area contributed by atoms with Gasteiger partial charge in [-0.05, 0) is 53.9 Å². The predicted molar refractivity (Wildman–Crippen MR) is 186 cm³/mol. The van der Waals surface area contributed by atoms with Crippen LogP contribution in [0.1, 0.15) is 25.0 Å². The van der Waals surface area contributed by atoms with Crippen LogP contribution >= 0.6 is 46.4 Å². The van der Waals surface area contributed by atoms with Gasteiger partial charge in [-0.15, -0.1) is 0 Å². The summed E-state index contributed by atoms with van der Waals surface area (Å²) >= 11 is 25.8. The van der Waals surface area contributed by atoms with Crippen LogP contribution < -0.4 is 9.62 Å². The van der Waals surface area contributed by atoms with Crippen molar-refractivity contribution in [2.24, 2.45) is 5.92 Å². The van der Waals surface area contributed by atoms with Gasteiger partial charge in [0, 0.05) is 40.1 Å². The summed E-state index contributed by atoms with van der Waals surface area (Å²) in [7, 11) is -4.33. The third kappa shape index (κ3) is 8.96. The number of rotatable bonds is 13. The maximum atomic E-state index is 14.6. The molecule has 242 valence electrons. The average molecular weight is 722 g/mol. The number of hydrogen-bond acceptors (Lipinski definition) is 4. The third-order valence-corrected chi connectivity index (χ3v) is 10.2. The number of halogens is 4.